The standard InChI is InChI=1S/C14H16N4O2/c1-19-13-7-9(15)3-5-11(13)17-18-12-6-4-10(16)8-14(12)20-2/h3-8H,15-16H2,1-2H3. The molecule has 0 spiro atoms. The van der Waals surface area contributed by atoms with Crippen molar-refractivity contribution in [2.24, 2.45) is 10.2 Å². The monoisotopic (exact) mass is 272 g/mol. The fourth-order valence-corrected chi connectivity index (χ4v) is 1.66. The Morgan fingerprint density at radius 2 is 1.15 bits per heavy atom. The van der Waals surface area contributed by atoms with Gasteiger partial charge in [0.05, 0.1) is 14.2 Å². The normalized spacial score (nSPS) is 10.7. The van der Waals surface area contributed by atoms with Gasteiger partial charge in [0.1, 0.15) is 22.9 Å². The van der Waals surface area contributed by atoms with Crippen molar-refractivity contribution in [3.63, 3.8) is 0 Å². The molecule has 20 heavy (non-hydrogen) atoms. The van der Waals surface area contributed by atoms with Crippen LogP contribution < -0.4 is 20.9 Å². The van der Waals surface area contributed by atoms with Crippen LogP contribution in [0.4, 0.5) is 22.7 Å². The average Bonchev–Trinajstić information content (AvgIpc) is 2.46. The maximum Gasteiger partial charge on any atom is 0.148 e. The van der Waals surface area contributed by atoms with Crippen LogP contribution in [0.1, 0.15) is 0 Å². The Hall–Kier alpha value is -2.76. The van der Waals surface area contributed by atoms with Gasteiger partial charge in [-0.05, 0) is 24.3 Å². The van der Waals surface area contributed by atoms with Crippen LogP contribution in [-0.2, 0) is 0 Å². The van der Waals surface area contributed by atoms with Crippen molar-refractivity contribution in [2.45, 2.75) is 0 Å². The third-order valence-electron chi connectivity index (χ3n) is 2.67. The highest BCUT2D eigenvalue weighted by atomic mass is 16.5. The van der Waals surface area contributed by atoms with Gasteiger partial charge in [-0.3, -0.25) is 0 Å². The Morgan fingerprint density at radius 3 is 1.50 bits per heavy atom. The lowest BCUT2D eigenvalue weighted by atomic mass is 10.2. The zero-order valence-electron chi connectivity index (χ0n) is 11.3. The van der Waals surface area contributed by atoms with Crippen molar-refractivity contribution >= 4 is 22.7 Å². The van der Waals surface area contributed by atoms with E-state index in [0.717, 1.165) is 0 Å². The summed E-state index contributed by atoms with van der Waals surface area (Å²) in [7, 11) is 3.11. The third-order valence-corrected chi connectivity index (χ3v) is 2.67. The number of anilines is 2. The topological polar surface area (TPSA) is 95.2 Å². The first-order chi connectivity index (χ1) is 9.63. The second-order valence-electron chi connectivity index (χ2n) is 4.06. The molecule has 0 aliphatic heterocycles. The van der Waals surface area contributed by atoms with E-state index in [1.807, 2.05) is 0 Å². The van der Waals surface area contributed by atoms with E-state index in [-0.39, 0.29) is 0 Å². The van der Waals surface area contributed by atoms with E-state index in [0.29, 0.717) is 34.2 Å². The molecule has 0 atom stereocenters. The van der Waals surface area contributed by atoms with Crippen LogP contribution >= 0.6 is 0 Å². The highest BCUT2D eigenvalue weighted by molar-refractivity contribution is 5.61. The molecule has 0 fully saturated rings. The van der Waals surface area contributed by atoms with Crippen LogP contribution in [0.15, 0.2) is 46.6 Å². The fraction of sp³-hybridized carbons (Fsp3) is 0.143. The van der Waals surface area contributed by atoms with Crippen molar-refractivity contribution in [3.05, 3.63) is 36.4 Å². The molecule has 6 heteroatoms. The van der Waals surface area contributed by atoms with Gasteiger partial charge in [0.2, 0.25) is 0 Å². The molecule has 2 aromatic carbocycles. The zero-order chi connectivity index (χ0) is 14.5. The van der Waals surface area contributed by atoms with Crippen LogP contribution in [0.5, 0.6) is 11.5 Å². The van der Waals surface area contributed by atoms with E-state index in [4.69, 9.17) is 20.9 Å². The molecule has 104 valence electrons. The molecule has 0 bridgehead atoms. The van der Waals surface area contributed by atoms with Crippen LogP contribution in [0.25, 0.3) is 0 Å². The molecule has 0 aromatic heterocycles. The van der Waals surface area contributed by atoms with Crippen molar-refractivity contribution in [3.8, 4) is 11.5 Å². The summed E-state index contributed by atoms with van der Waals surface area (Å²) in [6.45, 7) is 0. The summed E-state index contributed by atoms with van der Waals surface area (Å²) in [5.41, 5.74) is 13.7. The lowest BCUT2D eigenvalue weighted by Crippen LogP contribution is -1.88. The number of nitrogen functional groups attached to an aromatic ring is 2. The minimum atomic E-state index is 0.558. The Balaban J connectivity index is 2.34. The first-order valence-corrected chi connectivity index (χ1v) is 5.93. The van der Waals surface area contributed by atoms with E-state index in [1.165, 1.54) is 0 Å². The minimum Gasteiger partial charge on any atom is -0.494 e. The molecular formula is C14H16N4O2. The van der Waals surface area contributed by atoms with E-state index < -0.39 is 0 Å². The van der Waals surface area contributed by atoms with Crippen LogP contribution in [0, 0.1) is 0 Å². The third kappa shape index (κ3) is 2.97. The lowest BCUT2D eigenvalue weighted by Gasteiger charge is -2.06. The Labute approximate surface area is 117 Å². The van der Waals surface area contributed by atoms with Gasteiger partial charge in [0.25, 0.3) is 0 Å². The minimum absolute atomic E-state index is 0.558. The molecule has 2 rings (SSSR count). The number of methoxy groups -OCH3 is 2. The average molecular weight is 272 g/mol. The van der Waals surface area contributed by atoms with Gasteiger partial charge in [0.15, 0.2) is 0 Å². The zero-order valence-corrected chi connectivity index (χ0v) is 11.3. The molecule has 0 unspecified atom stereocenters. The molecule has 0 radical (unpaired) electrons. The van der Waals surface area contributed by atoms with Gasteiger partial charge in [0, 0.05) is 23.5 Å². The molecule has 0 aliphatic rings. The smallest absolute Gasteiger partial charge is 0.148 e. The predicted octanol–water partition coefficient (Wildman–Crippen LogP) is 3.28. The van der Waals surface area contributed by atoms with Crippen LogP contribution in [0.3, 0.4) is 0 Å². The van der Waals surface area contributed by atoms with Crippen molar-refractivity contribution in [1.29, 1.82) is 0 Å². The highest BCUT2D eigenvalue weighted by Gasteiger charge is 2.05. The summed E-state index contributed by atoms with van der Waals surface area (Å²) >= 11 is 0. The second kappa shape index (κ2) is 5.92. The van der Waals surface area contributed by atoms with Crippen LogP contribution in [-0.4, -0.2) is 14.2 Å². The highest BCUT2D eigenvalue weighted by Crippen LogP contribution is 2.34. The number of nitrogens with two attached hydrogens (primary N) is 2. The molecular weight excluding hydrogens is 256 g/mol. The largest absolute Gasteiger partial charge is 0.494 e. The van der Waals surface area contributed by atoms with Crippen molar-refractivity contribution in [2.75, 3.05) is 25.7 Å². The van der Waals surface area contributed by atoms with Gasteiger partial charge in [-0.15, -0.1) is 10.2 Å². The number of azo groups is 1. The molecule has 0 saturated carbocycles. The first-order valence-electron chi connectivity index (χ1n) is 5.93. The van der Waals surface area contributed by atoms with E-state index in [9.17, 15) is 0 Å². The van der Waals surface area contributed by atoms with E-state index in [2.05, 4.69) is 10.2 Å². The summed E-state index contributed by atoms with van der Waals surface area (Å²) in [6, 6.07) is 10.3. The molecule has 4 N–H and O–H groups in total. The Kier molecular flexibility index (Phi) is 4.05. The van der Waals surface area contributed by atoms with Crippen LogP contribution in [0.2, 0.25) is 0 Å². The molecule has 2 aromatic rings. The quantitative estimate of drug-likeness (QED) is 0.659. The van der Waals surface area contributed by atoms with E-state index >= 15 is 0 Å². The number of rotatable bonds is 4. The summed E-state index contributed by atoms with van der Waals surface area (Å²) in [5.74, 6) is 1.12. The van der Waals surface area contributed by atoms with Crippen molar-refractivity contribution < 1.29 is 9.47 Å². The summed E-state index contributed by atoms with van der Waals surface area (Å²) in [6.07, 6.45) is 0. The summed E-state index contributed by atoms with van der Waals surface area (Å²) < 4.78 is 10.4. The fourth-order valence-electron chi connectivity index (χ4n) is 1.66. The number of nitrogens with zero attached hydrogens (tertiary/aromatic N) is 2. The SMILES string of the molecule is COc1cc(N)ccc1N=Nc1ccc(N)cc1OC. The molecule has 0 saturated heterocycles. The van der Waals surface area contributed by atoms with Crippen molar-refractivity contribution in [1.82, 2.24) is 0 Å². The number of hydrogen-bond acceptors (Lipinski definition) is 6. The predicted molar refractivity (Wildman–Crippen MR) is 79.0 cm³/mol. The first kappa shape index (κ1) is 13.7. The molecule has 6 nitrogen and oxygen atoms in total. The van der Waals surface area contributed by atoms with Gasteiger partial charge in [-0.2, -0.15) is 0 Å². The van der Waals surface area contributed by atoms with Gasteiger partial charge >= 0.3 is 0 Å². The second-order valence-corrected chi connectivity index (χ2v) is 4.06. The number of hydrogen-bond donors (Lipinski definition) is 2. The molecule has 0 aliphatic carbocycles. The maximum atomic E-state index is 5.69. The Morgan fingerprint density at radius 1 is 0.750 bits per heavy atom. The summed E-state index contributed by atoms with van der Waals surface area (Å²) in [4.78, 5) is 0. The van der Waals surface area contributed by atoms with Gasteiger partial charge < -0.3 is 20.9 Å². The Bertz CT molecular complexity index is 586. The molecule has 0 heterocycles. The number of ether oxygens (including phenoxy) is 2. The summed E-state index contributed by atoms with van der Waals surface area (Å²) in [5, 5.41) is 8.30. The van der Waals surface area contributed by atoms with Gasteiger partial charge in [-0.1, -0.05) is 0 Å². The number of benzene rings is 2. The maximum absolute atomic E-state index is 5.69. The van der Waals surface area contributed by atoms with Gasteiger partial charge in [-0.25, -0.2) is 0 Å². The lowest BCUT2D eigenvalue weighted by molar-refractivity contribution is 0.414. The molecule has 0 amide bonds. The van der Waals surface area contributed by atoms with E-state index in [1.54, 1.807) is 50.6 Å².